The summed E-state index contributed by atoms with van der Waals surface area (Å²) >= 11 is 2.76. The molecule has 0 spiro atoms. The van der Waals surface area contributed by atoms with Gasteiger partial charge in [-0.15, -0.1) is 21.5 Å². The van der Waals surface area contributed by atoms with Gasteiger partial charge in [0.15, 0.2) is 16.6 Å². The monoisotopic (exact) mass is 398 g/mol. The van der Waals surface area contributed by atoms with Crippen LogP contribution in [-0.4, -0.2) is 30.8 Å². The lowest BCUT2D eigenvalue weighted by molar-refractivity contribution is 0.0691. The summed E-state index contributed by atoms with van der Waals surface area (Å²) in [7, 11) is 0. The largest absolute Gasteiger partial charge is 0.476 e. The van der Waals surface area contributed by atoms with Crippen LogP contribution < -0.4 is 0 Å². The Balaban J connectivity index is 1.67. The van der Waals surface area contributed by atoms with Crippen molar-refractivity contribution in [3.63, 3.8) is 0 Å². The maximum atomic E-state index is 11.0. The Labute approximate surface area is 162 Å². The van der Waals surface area contributed by atoms with E-state index in [1.54, 1.807) is 12.3 Å². The minimum atomic E-state index is -1.02. The molecule has 9 heteroatoms. The highest BCUT2D eigenvalue weighted by Gasteiger charge is 2.19. The first-order chi connectivity index (χ1) is 13.1. The van der Waals surface area contributed by atoms with Crippen molar-refractivity contribution in [1.29, 1.82) is 0 Å². The number of carboxylic acid groups (broad SMARTS) is 1. The van der Waals surface area contributed by atoms with Crippen molar-refractivity contribution in [3.8, 4) is 17.3 Å². The van der Waals surface area contributed by atoms with Gasteiger partial charge in [-0.1, -0.05) is 29.5 Å². The minimum absolute atomic E-state index is 0.0619. The van der Waals surface area contributed by atoms with Gasteiger partial charge in [0.2, 0.25) is 5.82 Å². The van der Waals surface area contributed by atoms with Crippen molar-refractivity contribution in [1.82, 2.24) is 19.7 Å². The molecule has 27 heavy (non-hydrogen) atoms. The highest BCUT2D eigenvalue weighted by Crippen LogP contribution is 2.30. The molecule has 0 aliphatic heterocycles. The number of benzene rings is 1. The number of aromatic carboxylic acids is 1. The molecule has 1 N–H and O–H groups in total. The van der Waals surface area contributed by atoms with Gasteiger partial charge in [0.25, 0.3) is 0 Å². The van der Waals surface area contributed by atoms with E-state index in [9.17, 15) is 4.79 Å². The summed E-state index contributed by atoms with van der Waals surface area (Å²) in [6, 6.07) is 11.7. The fourth-order valence-electron chi connectivity index (χ4n) is 2.46. The molecular formula is C18H14N4O3S2. The maximum absolute atomic E-state index is 11.0. The molecule has 0 atom stereocenters. The van der Waals surface area contributed by atoms with Gasteiger partial charge in [-0.3, -0.25) is 4.57 Å². The molecule has 0 saturated carbocycles. The smallest absolute Gasteiger partial charge is 0.355 e. The molecule has 0 aliphatic rings. The average Bonchev–Trinajstić information content (AvgIpc) is 3.40. The Hall–Kier alpha value is -2.91. The third kappa shape index (κ3) is 3.64. The van der Waals surface area contributed by atoms with Crippen LogP contribution in [0.2, 0.25) is 0 Å². The van der Waals surface area contributed by atoms with Crippen molar-refractivity contribution in [2.24, 2.45) is 0 Å². The van der Waals surface area contributed by atoms with Crippen LogP contribution in [0.1, 0.15) is 21.1 Å². The molecule has 4 rings (SSSR count). The lowest BCUT2D eigenvalue weighted by Crippen LogP contribution is -2.00. The van der Waals surface area contributed by atoms with Crippen molar-refractivity contribution in [3.05, 3.63) is 64.3 Å². The van der Waals surface area contributed by atoms with Crippen LogP contribution in [0.25, 0.3) is 17.3 Å². The number of aromatic nitrogens is 4. The second kappa shape index (κ2) is 7.37. The summed E-state index contributed by atoms with van der Waals surface area (Å²) in [6.45, 7) is 2.03. The van der Waals surface area contributed by atoms with E-state index < -0.39 is 5.97 Å². The van der Waals surface area contributed by atoms with E-state index >= 15 is 0 Å². The highest BCUT2D eigenvalue weighted by molar-refractivity contribution is 7.98. The zero-order valence-electron chi connectivity index (χ0n) is 14.2. The Morgan fingerprint density at radius 1 is 1.26 bits per heavy atom. The Morgan fingerprint density at radius 2 is 2.07 bits per heavy atom. The van der Waals surface area contributed by atoms with Gasteiger partial charge in [-0.2, -0.15) is 0 Å². The number of carboxylic acids is 1. The van der Waals surface area contributed by atoms with Crippen LogP contribution in [-0.2, 0) is 5.75 Å². The van der Waals surface area contributed by atoms with Crippen molar-refractivity contribution in [2.45, 2.75) is 17.8 Å². The number of nitrogens with zero attached hydrogens (tertiary/aromatic N) is 4. The van der Waals surface area contributed by atoms with Crippen LogP contribution in [0.5, 0.6) is 0 Å². The van der Waals surface area contributed by atoms with Crippen molar-refractivity contribution < 1.29 is 14.3 Å². The molecular weight excluding hydrogens is 384 g/mol. The van der Waals surface area contributed by atoms with E-state index in [1.165, 1.54) is 28.5 Å². The summed E-state index contributed by atoms with van der Waals surface area (Å²) in [5.41, 5.74) is 2.14. The summed E-state index contributed by atoms with van der Waals surface area (Å²) in [5.74, 6) is 0.708. The SMILES string of the molecule is Cc1ccc(-n2c(SCc3nc(C(=O)O)cs3)nnc2-c2ccco2)cc1. The van der Waals surface area contributed by atoms with Gasteiger partial charge < -0.3 is 9.52 Å². The average molecular weight is 398 g/mol. The quantitative estimate of drug-likeness (QED) is 0.484. The number of thioether (sulfide) groups is 1. The van der Waals surface area contributed by atoms with Crippen molar-refractivity contribution in [2.75, 3.05) is 0 Å². The van der Waals surface area contributed by atoms with Crippen LogP contribution in [0.3, 0.4) is 0 Å². The summed E-state index contributed by atoms with van der Waals surface area (Å²) in [5, 5.41) is 20.5. The summed E-state index contributed by atoms with van der Waals surface area (Å²) in [4.78, 5) is 15.1. The Bertz CT molecular complexity index is 1070. The Kier molecular flexibility index (Phi) is 4.78. The zero-order valence-corrected chi connectivity index (χ0v) is 15.8. The molecule has 0 radical (unpaired) electrons. The number of furan rings is 1. The number of carbonyl (C=O) groups is 1. The van der Waals surface area contributed by atoms with Crippen molar-refractivity contribution >= 4 is 29.1 Å². The normalized spacial score (nSPS) is 11.0. The predicted molar refractivity (Wildman–Crippen MR) is 102 cm³/mol. The molecule has 0 saturated heterocycles. The van der Waals surface area contributed by atoms with E-state index in [0.29, 0.717) is 22.5 Å². The standard InChI is InChI=1S/C18H14N4O3S2/c1-11-4-6-12(7-5-11)22-16(14-3-2-8-25-14)20-21-18(22)27-10-15-19-13(9-26-15)17(23)24/h2-9H,10H2,1H3,(H,23,24). The highest BCUT2D eigenvalue weighted by atomic mass is 32.2. The predicted octanol–water partition coefficient (Wildman–Crippen LogP) is 4.28. The number of thiazole rings is 1. The fourth-order valence-corrected chi connectivity index (χ4v) is 4.19. The van der Waals surface area contributed by atoms with Gasteiger partial charge >= 0.3 is 5.97 Å². The zero-order chi connectivity index (χ0) is 18.8. The third-order valence-corrected chi connectivity index (χ3v) is 5.73. The van der Waals surface area contributed by atoms with E-state index in [4.69, 9.17) is 9.52 Å². The molecule has 0 amide bonds. The maximum Gasteiger partial charge on any atom is 0.355 e. The number of hydrogen-bond donors (Lipinski definition) is 1. The second-order valence-electron chi connectivity index (χ2n) is 5.67. The molecule has 7 nitrogen and oxygen atoms in total. The molecule has 0 bridgehead atoms. The second-order valence-corrected chi connectivity index (χ2v) is 7.56. The topological polar surface area (TPSA) is 94.0 Å². The number of aryl methyl sites for hydroxylation is 1. The van der Waals surface area contributed by atoms with Gasteiger partial charge in [0.1, 0.15) is 5.01 Å². The number of hydrogen-bond acceptors (Lipinski definition) is 7. The molecule has 1 aromatic carbocycles. The summed E-state index contributed by atoms with van der Waals surface area (Å²) < 4.78 is 7.43. The molecule has 3 heterocycles. The van der Waals surface area contributed by atoms with Crippen LogP contribution in [0, 0.1) is 6.92 Å². The van der Waals surface area contributed by atoms with Gasteiger partial charge in [0, 0.05) is 11.1 Å². The van der Waals surface area contributed by atoms with Crippen LogP contribution in [0.4, 0.5) is 0 Å². The van der Waals surface area contributed by atoms with E-state index in [2.05, 4.69) is 15.2 Å². The molecule has 0 unspecified atom stereocenters. The lowest BCUT2D eigenvalue weighted by Gasteiger charge is -2.09. The van der Waals surface area contributed by atoms with Crippen LogP contribution >= 0.6 is 23.1 Å². The molecule has 4 aromatic rings. The van der Waals surface area contributed by atoms with Crippen LogP contribution in [0.15, 0.2) is 57.6 Å². The van der Waals surface area contributed by atoms with E-state index in [1.807, 2.05) is 41.8 Å². The first kappa shape index (κ1) is 17.5. The first-order valence-electron chi connectivity index (χ1n) is 7.98. The van der Waals surface area contributed by atoms with E-state index in [-0.39, 0.29) is 5.69 Å². The third-order valence-electron chi connectivity index (χ3n) is 3.76. The molecule has 136 valence electrons. The molecule has 0 aliphatic carbocycles. The van der Waals surface area contributed by atoms with E-state index in [0.717, 1.165) is 16.3 Å². The van der Waals surface area contributed by atoms with Gasteiger partial charge in [-0.25, -0.2) is 9.78 Å². The summed E-state index contributed by atoms with van der Waals surface area (Å²) in [6.07, 6.45) is 1.60. The fraction of sp³-hybridized carbons (Fsp3) is 0.111. The van der Waals surface area contributed by atoms with Gasteiger partial charge in [-0.05, 0) is 31.2 Å². The molecule has 0 fully saturated rings. The Morgan fingerprint density at radius 3 is 2.74 bits per heavy atom. The molecule has 3 aromatic heterocycles. The van der Waals surface area contributed by atoms with Gasteiger partial charge in [0.05, 0.1) is 12.0 Å². The lowest BCUT2D eigenvalue weighted by atomic mass is 10.2. The first-order valence-corrected chi connectivity index (χ1v) is 9.85. The minimum Gasteiger partial charge on any atom is -0.476 e. The number of rotatable bonds is 6.